The van der Waals surface area contributed by atoms with Crippen LogP contribution in [0.1, 0.15) is 41.5 Å². The van der Waals surface area contributed by atoms with Crippen LogP contribution in [0, 0.1) is 13.8 Å². The third kappa shape index (κ3) is 6.37. The number of benzene rings is 2. The molecule has 2 heterocycles. The Morgan fingerprint density at radius 3 is 2.44 bits per heavy atom. The van der Waals surface area contributed by atoms with Gasteiger partial charge in [0, 0.05) is 36.2 Å². The predicted octanol–water partition coefficient (Wildman–Crippen LogP) is 8.08. The average Bonchev–Trinajstić information content (AvgIpc) is 3.50. The van der Waals surface area contributed by atoms with E-state index in [2.05, 4.69) is 14.7 Å². The Kier molecular flexibility index (Phi) is 7.99. The second kappa shape index (κ2) is 11.3. The van der Waals surface area contributed by atoms with Crippen LogP contribution in [0.15, 0.2) is 64.1 Å². The van der Waals surface area contributed by atoms with Crippen LogP contribution in [0.25, 0.3) is 28.2 Å². The van der Waals surface area contributed by atoms with Crippen LogP contribution < -0.4 is 4.74 Å². The standard InChI is InChI=1S/C29H23ClF5N3O4S/c1-15-36-25(29(33,34)35)14-38(15)24-10-7-18(17-5-4-6-20(11-17)43(3,39)40)12-22(24)26-27(41-16(2)37-26)21-9-8-19(13-23(21)30)42-28(31)32/h4-6,8-9,11-14,28H,7,10H2,1-3H3. The first-order valence-corrected chi connectivity index (χ1v) is 15.0. The van der Waals surface area contributed by atoms with E-state index in [1.807, 2.05) is 0 Å². The molecule has 0 spiro atoms. The molecule has 0 saturated carbocycles. The number of nitrogens with zero attached hydrogens (tertiary/aromatic N) is 3. The number of hydrogen-bond donors (Lipinski definition) is 0. The topological polar surface area (TPSA) is 87.2 Å². The number of sulfone groups is 1. The van der Waals surface area contributed by atoms with Gasteiger partial charge in [0.05, 0.1) is 9.92 Å². The van der Waals surface area contributed by atoms with E-state index in [-0.39, 0.29) is 50.8 Å². The van der Waals surface area contributed by atoms with Crippen molar-refractivity contribution in [1.29, 1.82) is 0 Å². The van der Waals surface area contributed by atoms with Crippen LogP contribution in [0.4, 0.5) is 22.0 Å². The first kappa shape index (κ1) is 30.5. The summed E-state index contributed by atoms with van der Waals surface area (Å²) in [5.41, 5.74) is 1.57. The van der Waals surface area contributed by atoms with Crippen LogP contribution >= 0.6 is 11.6 Å². The minimum Gasteiger partial charge on any atom is -0.440 e. The molecule has 0 saturated heterocycles. The predicted molar refractivity (Wildman–Crippen MR) is 150 cm³/mol. The number of alkyl halides is 5. The molecule has 0 atom stereocenters. The van der Waals surface area contributed by atoms with Gasteiger partial charge in [-0.25, -0.2) is 18.4 Å². The molecule has 0 unspecified atom stereocenters. The summed E-state index contributed by atoms with van der Waals surface area (Å²) < 4.78 is 102. The van der Waals surface area contributed by atoms with Crippen molar-refractivity contribution >= 4 is 38.3 Å². The summed E-state index contributed by atoms with van der Waals surface area (Å²) in [7, 11) is -3.51. The van der Waals surface area contributed by atoms with E-state index in [1.54, 1.807) is 25.1 Å². The fourth-order valence-corrected chi connectivity index (χ4v) is 5.78. The maximum atomic E-state index is 13.6. The first-order valence-electron chi connectivity index (χ1n) is 12.7. The van der Waals surface area contributed by atoms with Gasteiger partial charge in [0.2, 0.25) is 0 Å². The fourth-order valence-electron chi connectivity index (χ4n) is 4.86. The van der Waals surface area contributed by atoms with Gasteiger partial charge >= 0.3 is 12.8 Å². The lowest BCUT2D eigenvalue weighted by Crippen LogP contribution is -2.08. The van der Waals surface area contributed by atoms with E-state index < -0.39 is 28.3 Å². The molecule has 7 nitrogen and oxygen atoms in total. The van der Waals surface area contributed by atoms with Crippen molar-refractivity contribution in [2.75, 3.05) is 6.26 Å². The molecule has 226 valence electrons. The molecule has 0 radical (unpaired) electrons. The lowest BCUT2D eigenvalue weighted by atomic mass is 9.89. The molecule has 0 N–H and O–H groups in total. The molecule has 2 aromatic heterocycles. The van der Waals surface area contributed by atoms with Gasteiger partial charge in [-0.15, -0.1) is 0 Å². The number of allylic oxidation sites excluding steroid dienone is 4. The normalized spacial score (nSPS) is 14.4. The van der Waals surface area contributed by atoms with Crippen molar-refractivity contribution in [3.05, 3.63) is 88.4 Å². The summed E-state index contributed by atoms with van der Waals surface area (Å²) >= 11 is 6.44. The van der Waals surface area contributed by atoms with Crippen LogP contribution in [0.5, 0.6) is 5.75 Å². The van der Waals surface area contributed by atoms with Crippen molar-refractivity contribution in [2.24, 2.45) is 0 Å². The Labute approximate surface area is 248 Å². The van der Waals surface area contributed by atoms with Gasteiger partial charge in [-0.2, -0.15) is 22.0 Å². The van der Waals surface area contributed by atoms with Gasteiger partial charge in [-0.3, -0.25) is 0 Å². The van der Waals surface area contributed by atoms with Crippen molar-refractivity contribution in [1.82, 2.24) is 14.5 Å². The molecule has 43 heavy (non-hydrogen) atoms. The van der Waals surface area contributed by atoms with Gasteiger partial charge < -0.3 is 13.7 Å². The van der Waals surface area contributed by atoms with Gasteiger partial charge in [-0.1, -0.05) is 23.7 Å². The monoisotopic (exact) mass is 639 g/mol. The quantitative estimate of drug-likeness (QED) is 0.190. The number of aryl methyl sites for hydroxylation is 2. The number of aromatic nitrogens is 3. The Balaban J connectivity index is 1.74. The molecule has 2 aromatic carbocycles. The third-order valence-electron chi connectivity index (χ3n) is 6.76. The molecule has 4 aromatic rings. The van der Waals surface area contributed by atoms with E-state index in [0.717, 1.165) is 12.5 Å². The number of rotatable bonds is 7. The highest BCUT2D eigenvalue weighted by Crippen LogP contribution is 2.44. The Morgan fingerprint density at radius 2 is 1.81 bits per heavy atom. The smallest absolute Gasteiger partial charge is 0.434 e. The average molecular weight is 640 g/mol. The molecule has 0 amide bonds. The Bertz CT molecular complexity index is 1890. The van der Waals surface area contributed by atoms with E-state index in [4.69, 9.17) is 16.0 Å². The van der Waals surface area contributed by atoms with Crippen molar-refractivity contribution in [3.8, 4) is 17.1 Å². The molecular weight excluding hydrogens is 617 g/mol. The summed E-state index contributed by atoms with van der Waals surface area (Å²) in [5, 5.41) is 0.0109. The number of ether oxygens (including phenoxy) is 1. The fraction of sp³-hybridized carbons (Fsp3) is 0.241. The second-order valence-electron chi connectivity index (χ2n) is 9.80. The highest BCUT2D eigenvalue weighted by Gasteiger charge is 2.35. The second-order valence-corrected chi connectivity index (χ2v) is 12.2. The van der Waals surface area contributed by atoms with Crippen LogP contribution in [-0.2, 0) is 16.0 Å². The van der Waals surface area contributed by atoms with Crippen molar-refractivity contribution < 1.29 is 39.5 Å². The van der Waals surface area contributed by atoms with Crippen LogP contribution in [0.3, 0.4) is 0 Å². The minimum atomic E-state index is -4.68. The molecule has 0 fully saturated rings. The summed E-state index contributed by atoms with van der Waals surface area (Å²) in [6.07, 6.45) is -0.364. The van der Waals surface area contributed by atoms with Crippen LogP contribution in [0.2, 0.25) is 5.02 Å². The molecule has 1 aliphatic carbocycles. The molecule has 0 bridgehead atoms. The molecular formula is C29H23ClF5N3O4S. The highest BCUT2D eigenvalue weighted by atomic mass is 35.5. The third-order valence-corrected chi connectivity index (χ3v) is 8.18. The minimum absolute atomic E-state index is 0.0109. The maximum absolute atomic E-state index is 13.6. The number of oxazole rings is 1. The first-order chi connectivity index (χ1) is 20.1. The van der Waals surface area contributed by atoms with E-state index in [9.17, 15) is 30.4 Å². The van der Waals surface area contributed by atoms with E-state index in [0.29, 0.717) is 28.8 Å². The summed E-state index contributed by atoms with van der Waals surface area (Å²) in [6, 6.07) is 10.2. The summed E-state index contributed by atoms with van der Waals surface area (Å²) in [4.78, 5) is 8.36. The zero-order valence-corrected chi connectivity index (χ0v) is 24.4. The molecule has 0 aliphatic heterocycles. The number of halogens is 6. The molecule has 14 heteroatoms. The van der Waals surface area contributed by atoms with E-state index >= 15 is 0 Å². The van der Waals surface area contributed by atoms with Crippen LogP contribution in [-0.4, -0.2) is 35.8 Å². The SMILES string of the molecule is Cc1nc(C2=C(n3cc(C(F)(F)F)nc3C)CCC(c3cccc(S(C)(=O)=O)c3)=C2)c(-c2ccc(OC(F)F)cc2Cl)o1. The zero-order valence-electron chi connectivity index (χ0n) is 22.8. The summed E-state index contributed by atoms with van der Waals surface area (Å²) in [6.45, 7) is -0.0463. The summed E-state index contributed by atoms with van der Waals surface area (Å²) in [5.74, 6) is 0.262. The largest absolute Gasteiger partial charge is 0.440 e. The van der Waals surface area contributed by atoms with Crippen molar-refractivity contribution in [2.45, 2.75) is 44.4 Å². The zero-order chi connectivity index (χ0) is 31.3. The Morgan fingerprint density at radius 1 is 1.07 bits per heavy atom. The molecule has 5 rings (SSSR count). The van der Waals surface area contributed by atoms with Gasteiger partial charge in [0.1, 0.15) is 17.3 Å². The van der Waals surface area contributed by atoms with Crippen molar-refractivity contribution in [3.63, 3.8) is 0 Å². The maximum Gasteiger partial charge on any atom is 0.434 e. The molecule has 1 aliphatic rings. The van der Waals surface area contributed by atoms with Gasteiger partial charge in [-0.05, 0) is 67.3 Å². The lowest BCUT2D eigenvalue weighted by Gasteiger charge is -2.22. The van der Waals surface area contributed by atoms with Gasteiger partial charge in [0.15, 0.2) is 27.2 Å². The van der Waals surface area contributed by atoms with Gasteiger partial charge in [0.25, 0.3) is 0 Å². The highest BCUT2D eigenvalue weighted by molar-refractivity contribution is 7.90. The Hall–Kier alpha value is -3.97. The number of hydrogen-bond acceptors (Lipinski definition) is 6. The lowest BCUT2D eigenvalue weighted by molar-refractivity contribution is -0.141. The van der Waals surface area contributed by atoms with E-state index in [1.165, 1.54) is 41.8 Å². The number of imidazole rings is 1.